The van der Waals surface area contributed by atoms with E-state index in [4.69, 9.17) is 9.47 Å². The van der Waals surface area contributed by atoms with Gasteiger partial charge in [0.25, 0.3) is 5.91 Å². The van der Waals surface area contributed by atoms with Gasteiger partial charge in [0.1, 0.15) is 11.5 Å². The molecule has 1 amide bonds. The highest BCUT2D eigenvalue weighted by atomic mass is 16.5. The van der Waals surface area contributed by atoms with Gasteiger partial charge in [0.05, 0.1) is 13.3 Å². The molecule has 0 saturated carbocycles. The summed E-state index contributed by atoms with van der Waals surface area (Å²) < 4.78 is 10.7. The molecule has 2 aromatic rings. The molecule has 0 aromatic heterocycles. The zero-order valence-corrected chi connectivity index (χ0v) is 14.4. The summed E-state index contributed by atoms with van der Waals surface area (Å²) in [5.74, 6) is 1.22. The zero-order chi connectivity index (χ0) is 17.5. The molecule has 0 aliphatic carbocycles. The van der Waals surface area contributed by atoms with E-state index in [0.29, 0.717) is 0 Å². The van der Waals surface area contributed by atoms with Gasteiger partial charge in [-0.05, 0) is 67.3 Å². The third-order valence-electron chi connectivity index (χ3n) is 3.74. The highest BCUT2D eigenvalue weighted by Gasteiger charge is 2.08. The minimum Gasteiger partial charge on any atom is -0.497 e. The Hall–Kier alpha value is -2.82. The number of aryl methyl sites for hydroxylation is 2. The average molecular weight is 326 g/mol. The third kappa shape index (κ3) is 4.59. The molecule has 0 aliphatic heterocycles. The summed E-state index contributed by atoms with van der Waals surface area (Å²) >= 11 is 0. The molecule has 126 valence electrons. The van der Waals surface area contributed by atoms with E-state index in [9.17, 15) is 4.79 Å². The van der Waals surface area contributed by atoms with Gasteiger partial charge in [-0.1, -0.05) is 12.1 Å². The molecule has 24 heavy (non-hydrogen) atoms. The molecule has 5 heteroatoms. The molecule has 2 rings (SSSR count). The molecule has 0 radical (unpaired) electrons. The lowest BCUT2D eigenvalue weighted by Gasteiger charge is -2.13. The molecule has 0 fully saturated rings. The summed E-state index contributed by atoms with van der Waals surface area (Å²) in [5.41, 5.74) is 6.51. The quantitative estimate of drug-likeness (QED) is 0.655. The highest BCUT2D eigenvalue weighted by Crippen LogP contribution is 2.25. The Bertz CT molecular complexity index is 737. The first kappa shape index (κ1) is 17.5. The number of benzene rings is 2. The first-order valence-corrected chi connectivity index (χ1v) is 7.67. The number of rotatable bonds is 6. The van der Waals surface area contributed by atoms with E-state index < -0.39 is 0 Å². The predicted octanol–water partition coefficient (Wildman–Crippen LogP) is 3.15. The van der Waals surface area contributed by atoms with Crippen molar-refractivity contribution in [3.05, 3.63) is 58.7 Å². The molecule has 0 heterocycles. The monoisotopic (exact) mass is 326 g/mol. The van der Waals surface area contributed by atoms with Gasteiger partial charge >= 0.3 is 0 Å². The van der Waals surface area contributed by atoms with Crippen LogP contribution in [0.15, 0.2) is 41.5 Å². The summed E-state index contributed by atoms with van der Waals surface area (Å²) in [7, 11) is 1.61. The van der Waals surface area contributed by atoms with Crippen molar-refractivity contribution in [3.8, 4) is 11.5 Å². The number of hydrazone groups is 1. The van der Waals surface area contributed by atoms with Crippen LogP contribution in [-0.2, 0) is 4.79 Å². The SMILES string of the molecule is COc1ccc(/C=N/NC(=O)COc2c(C)ccc(C)c2C)cc1. The Labute approximate surface area is 142 Å². The summed E-state index contributed by atoms with van der Waals surface area (Å²) in [6.45, 7) is 5.88. The lowest BCUT2D eigenvalue weighted by Crippen LogP contribution is -2.25. The van der Waals surface area contributed by atoms with Crippen molar-refractivity contribution in [3.63, 3.8) is 0 Å². The average Bonchev–Trinajstić information content (AvgIpc) is 2.59. The maximum Gasteiger partial charge on any atom is 0.277 e. The van der Waals surface area contributed by atoms with Crippen molar-refractivity contribution >= 4 is 12.1 Å². The van der Waals surface area contributed by atoms with E-state index in [2.05, 4.69) is 10.5 Å². The Morgan fingerprint density at radius 3 is 2.42 bits per heavy atom. The van der Waals surface area contributed by atoms with Gasteiger partial charge in [-0.25, -0.2) is 5.43 Å². The first-order chi connectivity index (χ1) is 11.5. The predicted molar refractivity (Wildman–Crippen MR) is 94.9 cm³/mol. The van der Waals surface area contributed by atoms with Crippen LogP contribution in [-0.4, -0.2) is 25.8 Å². The Balaban J connectivity index is 1.87. The van der Waals surface area contributed by atoms with Crippen LogP contribution in [0, 0.1) is 20.8 Å². The summed E-state index contributed by atoms with van der Waals surface area (Å²) in [4.78, 5) is 11.8. The van der Waals surface area contributed by atoms with Crippen molar-refractivity contribution in [1.82, 2.24) is 5.43 Å². The number of carbonyl (C=O) groups is 1. The molecule has 0 aliphatic rings. The Morgan fingerprint density at radius 2 is 1.75 bits per heavy atom. The maximum absolute atomic E-state index is 11.8. The van der Waals surface area contributed by atoms with Crippen molar-refractivity contribution < 1.29 is 14.3 Å². The van der Waals surface area contributed by atoms with Crippen LogP contribution in [0.3, 0.4) is 0 Å². The van der Waals surface area contributed by atoms with E-state index >= 15 is 0 Å². The second kappa shape index (κ2) is 8.15. The van der Waals surface area contributed by atoms with Crippen molar-refractivity contribution in [2.45, 2.75) is 20.8 Å². The molecular formula is C19H22N2O3. The van der Waals surface area contributed by atoms with Crippen LogP contribution in [0.4, 0.5) is 0 Å². The van der Waals surface area contributed by atoms with E-state index in [1.54, 1.807) is 13.3 Å². The Morgan fingerprint density at radius 1 is 1.08 bits per heavy atom. The minimum absolute atomic E-state index is 0.0783. The normalized spacial score (nSPS) is 10.7. The second-order valence-corrected chi connectivity index (χ2v) is 5.51. The number of ether oxygens (including phenoxy) is 2. The maximum atomic E-state index is 11.8. The number of nitrogens with one attached hydrogen (secondary N) is 1. The molecule has 0 saturated heterocycles. The van der Waals surface area contributed by atoms with Gasteiger partial charge < -0.3 is 9.47 Å². The smallest absolute Gasteiger partial charge is 0.277 e. The number of hydrogen-bond acceptors (Lipinski definition) is 4. The Kier molecular flexibility index (Phi) is 5.95. The van der Waals surface area contributed by atoms with Gasteiger partial charge in [0.15, 0.2) is 6.61 Å². The fourth-order valence-electron chi connectivity index (χ4n) is 2.19. The van der Waals surface area contributed by atoms with Crippen LogP contribution in [0.25, 0.3) is 0 Å². The lowest BCUT2D eigenvalue weighted by molar-refractivity contribution is -0.123. The van der Waals surface area contributed by atoms with E-state index in [0.717, 1.165) is 33.8 Å². The summed E-state index contributed by atoms with van der Waals surface area (Å²) in [6.07, 6.45) is 1.57. The summed E-state index contributed by atoms with van der Waals surface area (Å²) in [5, 5.41) is 3.93. The fourth-order valence-corrected chi connectivity index (χ4v) is 2.19. The molecule has 0 atom stereocenters. The number of nitrogens with zero attached hydrogens (tertiary/aromatic N) is 1. The van der Waals surface area contributed by atoms with Gasteiger partial charge in [-0.15, -0.1) is 0 Å². The lowest BCUT2D eigenvalue weighted by atomic mass is 10.1. The molecule has 0 unspecified atom stereocenters. The van der Waals surface area contributed by atoms with Crippen molar-refractivity contribution in [1.29, 1.82) is 0 Å². The van der Waals surface area contributed by atoms with Gasteiger partial charge in [0, 0.05) is 0 Å². The molecule has 5 nitrogen and oxygen atoms in total. The van der Waals surface area contributed by atoms with Crippen LogP contribution >= 0.6 is 0 Å². The standard InChI is InChI=1S/C19H22N2O3/c1-13-5-6-14(2)19(15(13)3)24-12-18(22)21-20-11-16-7-9-17(23-4)10-8-16/h5-11H,12H2,1-4H3,(H,21,22)/b20-11+. The molecule has 0 spiro atoms. The topological polar surface area (TPSA) is 59.9 Å². The number of methoxy groups -OCH3 is 1. The van der Waals surface area contributed by atoms with Crippen LogP contribution in [0.5, 0.6) is 11.5 Å². The zero-order valence-electron chi connectivity index (χ0n) is 14.4. The van der Waals surface area contributed by atoms with E-state index in [1.165, 1.54) is 0 Å². The largest absolute Gasteiger partial charge is 0.497 e. The number of amides is 1. The fraction of sp³-hybridized carbons (Fsp3) is 0.263. The summed E-state index contributed by atoms with van der Waals surface area (Å²) in [6, 6.07) is 11.4. The minimum atomic E-state index is -0.305. The van der Waals surface area contributed by atoms with E-state index in [-0.39, 0.29) is 12.5 Å². The van der Waals surface area contributed by atoms with E-state index in [1.807, 2.05) is 57.2 Å². The number of hydrogen-bond donors (Lipinski definition) is 1. The van der Waals surface area contributed by atoms with Crippen molar-refractivity contribution in [2.24, 2.45) is 5.10 Å². The molecule has 1 N–H and O–H groups in total. The van der Waals surface area contributed by atoms with Crippen molar-refractivity contribution in [2.75, 3.05) is 13.7 Å². The molecular weight excluding hydrogens is 304 g/mol. The van der Waals surface area contributed by atoms with Gasteiger partial charge in [0.2, 0.25) is 0 Å². The molecule has 0 bridgehead atoms. The van der Waals surface area contributed by atoms with Crippen LogP contribution in [0.2, 0.25) is 0 Å². The highest BCUT2D eigenvalue weighted by molar-refractivity contribution is 5.83. The number of carbonyl (C=O) groups excluding carboxylic acids is 1. The van der Waals surface area contributed by atoms with Crippen LogP contribution < -0.4 is 14.9 Å². The molecule has 2 aromatic carbocycles. The third-order valence-corrected chi connectivity index (χ3v) is 3.74. The van der Waals surface area contributed by atoms with Gasteiger partial charge in [-0.2, -0.15) is 5.10 Å². The first-order valence-electron chi connectivity index (χ1n) is 7.67. The van der Waals surface area contributed by atoms with Gasteiger partial charge in [-0.3, -0.25) is 4.79 Å². The van der Waals surface area contributed by atoms with Crippen LogP contribution in [0.1, 0.15) is 22.3 Å². The second-order valence-electron chi connectivity index (χ2n) is 5.51.